The molecule has 0 saturated carbocycles. The van der Waals surface area contributed by atoms with Crippen LogP contribution in [0.25, 0.3) is 0 Å². The first-order chi connectivity index (χ1) is 8.50. The number of aliphatic carboxylic acids is 1. The molecule has 0 aromatic heterocycles. The predicted molar refractivity (Wildman–Crippen MR) is 69.3 cm³/mol. The molecule has 0 aliphatic carbocycles. The fourth-order valence-electron chi connectivity index (χ4n) is 2.22. The molecule has 1 aliphatic rings. The third-order valence-corrected chi connectivity index (χ3v) is 3.20. The zero-order chi connectivity index (χ0) is 13.5. The van der Waals surface area contributed by atoms with Crippen molar-refractivity contribution in [2.45, 2.75) is 58.0 Å². The Morgan fingerprint density at radius 3 is 2.67 bits per heavy atom. The highest BCUT2D eigenvalue weighted by Crippen LogP contribution is 2.10. The van der Waals surface area contributed by atoms with Crippen LogP contribution in [0.3, 0.4) is 0 Å². The fourth-order valence-corrected chi connectivity index (χ4v) is 2.22. The molecule has 1 aliphatic heterocycles. The zero-order valence-corrected chi connectivity index (χ0v) is 11.2. The van der Waals surface area contributed by atoms with Gasteiger partial charge in [0.05, 0.1) is 6.04 Å². The molecule has 104 valence electrons. The van der Waals surface area contributed by atoms with E-state index in [1.165, 1.54) is 0 Å². The number of nitrogens with one attached hydrogen (secondary N) is 2. The summed E-state index contributed by atoms with van der Waals surface area (Å²) in [5.74, 6) is -0.885. The maximum Gasteiger partial charge on any atom is 0.326 e. The van der Waals surface area contributed by atoms with Crippen molar-refractivity contribution in [1.82, 2.24) is 10.6 Å². The van der Waals surface area contributed by atoms with Crippen molar-refractivity contribution in [1.29, 1.82) is 0 Å². The Morgan fingerprint density at radius 2 is 2.06 bits per heavy atom. The maximum atomic E-state index is 12.0. The summed E-state index contributed by atoms with van der Waals surface area (Å²) in [5.41, 5.74) is 0. The van der Waals surface area contributed by atoms with Crippen LogP contribution in [-0.4, -0.2) is 35.6 Å². The standard InChI is InChI=1S/C13H24N2O3/c1-9(2)8-11(13(17)18)15-12(16)10-6-4-3-5-7-14-10/h9-11,14H,3-8H2,1-2H3,(H,15,16)(H,17,18). The molecule has 1 amide bonds. The van der Waals surface area contributed by atoms with Gasteiger partial charge in [0.2, 0.25) is 5.91 Å². The van der Waals surface area contributed by atoms with Gasteiger partial charge in [-0.05, 0) is 31.7 Å². The zero-order valence-electron chi connectivity index (χ0n) is 11.2. The van der Waals surface area contributed by atoms with Crippen molar-refractivity contribution >= 4 is 11.9 Å². The van der Waals surface area contributed by atoms with Crippen LogP contribution in [0.5, 0.6) is 0 Å². The highest BCUT2D eigenvalue weighted by Gasteiger charge is 2.26. The van der Waals surface area contributed by atoms with E-state index in [2.05, 4.69) is 10.6 Å². The van der Waals surface area contributed by atoms with Gasteiger partial charge in [-0.15, -0.1) is 0 Å². The third kappa shape index (κ3) is 5.04. The molecule has 2 atom stereocenters. The molecule has 1 saturated heterocycles. The first-order valence-corrected chi connectivity index (χ1v) is 6.77. The van der Waals surface area contributed by atoms with Gasteiger partial charge in [-0.25, -0.2) is 4.79 Å². The van der Waals surface area contributed by atoms with E-state index in [1.807, 2.05) is 13.8 Å². The summed E-state index contributed by atoms with van der Waals surface area (Å²) in [5, 5.41) is 14.9. The van der Waals surface area contributed by atoms with Crippen molar-refractivity contribution in [2.75, 3.05) is 6.54 Å². The van der Waals surface area contributed by atoms with E-state index in [-0.39, 0.29) is 17.9 Å². The van der Waals surface area contributed by atoms with Crippen LogP contribution >= 0.6 is 0 Å². The van der Waals surface area contributed by atoms with Gasteiger partial charge in [0.1, 0.15) is 6.04 Å². The molecule has 1 rings (SSSR count). The van der Waals surface area contributed by atoms with Crippen molar-refractivity contribution < 1.29 is 14.7 Å². The molecular weight excluding hydrogens is 232 g/mol. The molecule has 1 fully saturated rings. The molecule has 0 bridgehead atoms. The fraction of sp³-hybridized carbons (Fsp3) is 0.846. The van der Waals surface area contributed by atoms with Crippen molar-refractivity contribution in [3.8, 4) is 0 Å². The summed E-state index contributed by atoms with van der Waals surface area (Å²) < 4.78 is 0. The molecule has 0 aromatic carbocycles. The van der Waals surface area contributed by atoms with Crippen LogP contribution in [0.2, 0.25) is 0 Å². The summed E-state index contributed by atoms with van der Waals surface area (Å²) in [6, 6.07) is -1.01. The minimum absolute atomic E-state index is 0.176. The Labute approximate surface area is 108 Å². The van der Waals surface area contributed by atoms with Crippen LogP contribution in [0.15, 0.2) is 0 Å². The topological polar surface area (TPSA) is 78.4 Å². The van der Waals surface area contributed by atoms with Crippen molar-refractivity contribution in [2.24, 2.45) is 5.92 Å². The average Bonchev–Trinajstić information content (AvgIpc) is 2.55. The van der Waals surface area contributed by atoms with Gasteiger partial charge < -0.3 is 15.7 Å². The van der Waals surface area contributed by atoms with Crippen molar-refractivity contribution in [3.63, 3.8) is 0 Å². The van der Waals surface area contributed by atoms with Crippen LogP contribution in [-0.2, 0) is 9.59 Å². The smallest absolute Gasteiger partial charge is 0.326 e. The molecule has 3 N–H and O–H groups in total. The van der Waals surface area contributed by atoms with Gasteiger partial charge in [0.15, 0.2) is 0 Å². The van der Waals surface area contributed by atoms with E-state index in [0.29, 0.717) is 6.42 Å². The normalized spacial score (nSPS) is 22.3. The number of carboxylic acid groups (broad SMARTS) is 1. The van der Waals surface area contributed by atoms with Gasteiger partial charge in [0.25, 0.3) is 0 Å². The Balaban J connectivity index is 2.51. The lowest BCUT2D eigenvalue weighted by molar-refractivity contribution is -0.142. The molecule has 18 heavy (non-hydrogen) atoms. The molecule has 1 heterocycles. The van der Waals surface area contributed by atoms with Crippen LogP contribution in [0.4, 0.5) is 0 Å². The van der Waals surface area contributed by atoms with Crippen LogP contribution < -0.4 is 10.6 Å². The van der Waals surface area contributed by atoms with Crippen LogP contribution in [0, 0.1) is 5.92 Å². The number of hydrogen-bond acceptors (Lipinski definition) is 3. The molecular formula is C13H24N2O3. The van der Waals surface area contributed by atoms with E-state index in [4.69, 9.17) is 5.11 Å². The number of carboxylic acids is 1. The molecule has 2 unspecified atom stereocenters. The van der Waals surface area contributed by atoms with E-state index in [9.17, 15) is 9.59 Å². The largest absolute Gasteiger partial charge is 0.480 e. The lowest BCUT2D eigenvalue weighted by atomic mass is 10.0. The van der Waals surface area contributed by atoms with Gasteiger partial charge in [0, 0.05) is 0 Å². The summed E-state index contributed by atoms with van der Waals surface area (Å²) in [6.07, 6.45) is 4.49. The average molecular weight is 256 g/mol. The molecule has 5 nitrogen and oxygen atoms in total. The maximum absolute atomic E-state index is 12.0. The Hall–Kier alpha value is -1.10. The minimum Gasteiger partial charge on any atom is -0.480 e. The summed E-state index contributed by atoms with van der Waals surface area (Å²) >= 11 is 0. The highest BCUT2D eigenvalue weighted by molar-refractivity contribution is 5.86. The van der Waals surface area contributed by atoms with E-state index in [1.54, 1.807) is 0 Å². The van der Waals surface area contributed by atoms with E-state index >= 15 is 0 Å². The lowest BCUT2D eigenvalue weighted by Crippen LogP contribution is -2.50. The summed E-state index contributed by atoms with van der Waals surface area (Å²) in [7, 11) is 0. The summed E-state index contributed by atoms with van der Waals surface area (Å²) in [6.45, 7) is 4.73. The second kappa shape index (κ2) is 7.36. The Bertz CT molecular complexity index is 284. The quantitative estimate of drug-likeness (QED) is 0.689. The number of hydrogen-bond donors (Lipinski definition) is 3. The lowest BCUT2D eigenvalue weighted by Gasteiger charge is -2.21. The third-order valence-electron chi connectivity index (χ3n) is 3.20. The Kier molecular flexibility index (Phi) is 6.12. The molecule has 0 aromatic rings. The first kappa shape index (κ1) is 15.0. The van der Waals surface area contributed by atoms with E-state index < -0.39 is 12.0 Å². The predicted octanol–water partition coefficient (Wildman–Crippen LogP) is 1.13. The van der Waals surface area contributed by atoms with Gasteiger partial charge in [-0.3, -0.25) is 4.79 Å². The monoisotopic (exact) mass is 256 g/mol. The molecule has 5 heteroatoms. The number of amides is 1. The molecule has 0 radical (unpaired) electrons. The second-order valence-electron chi connectivity index (χ2n) is 5.39. The number of carbonyl (C=O) groups excluding carboxylic acids is 1. The van der Waals surface area contributed by atoms with Gasteiger partial charge >= 0.3 is 5.97 Å². The number of carbonyl (C=O) groups is 2. The van der Waals surface area contributed by atoms with Crippen LogP contribution in [0.1, 0.15) is 46.0 Å². The van der Waals surface area contributed by atoms with Gasteiger partial charge in [-0.1, -0.05) is 26.7 Å². The minimum atomic E-state index is -0.953. The Morgan fingerprint density at radius 1 is 1.33 bits per heavy atom. The van der Waals surface area contributed by atoms with Gasteiger partial charge in [-0.2, -0.15) is 0 Å². The second-order valence-corrected chi connectivity index (χ2v) is 5.39. The number of rotatable bonds is 5. The van der Waals surface area contributed by atoms with E-state index in [0.717, 1.165) is 32.2 Å². The van der Waals surface area contributed by atoms with Crippen molar-refractivity contribution in [3.05, 3.63) is 0 Å². The highest BCUT2D eigenvalue weighted by atomic mass is 16.4. The first-order valence-electron chi connectivity index (χ1n) is 6.77. The SMILES string of the molecule is CC(C)CC(NC(=O)C1CCCCCN1)C(=O)O. The molecule has 0 spiro atoms. The summed E-state index contributed by atoms with van der Waals surface area (Å²) in [4.78, 5) is 23.1.